The summed E-state index contributed by atoms with van der Waals surface area (Å²) in [4.78, 5) is 18.9. The zero-order chi connectivity index (χ0) is 19.5. The number of hydrogen-bond donors (Lipinski definition) is 0. The van der Waals surface area contributed by atoms with Gasteiger partial charge in [0, 0.05) is 16.5 Å². The number of ether oxygens (including phenoxy) is 2. The third kappa shape index (κ3) is 3.54. The standard InChI is InChI=1S/C22H17NO4S/c1-25-15-10-14(11-16(12-15)26-2)21(24)18(13-17-6-5-9-28-17)22-23-19-7-3-4-8-20(19)27-22/h3-13H,1-2H3/b18-13-. The molecule has 28 heavy (non-hydrogen) atoms. The number of allylic oxidation sites excluding steroid dienone is 1. The van der Waals surface area contributed by atoms with Crippen LogP contribution in [0, 0.1) is 0 Å². The molecule has 0 saturated heterocycles. The summed E-state index contributed by atoms with van der Waals surface area (Å²) in [5.74, 6) is 1.13. The maximum Gasteiger partial charge on any atom is 0.231 e. The highest BCUT2D eigenvalue weighted by atomic mass is 32.1. The average Bonchev–Trinajstić information content (AvgIpc) is 3.40. The van der Waals surface area contributed by atoms with Crippen molar-refractivity contribution in [3.63, 3.8) is 0 Å². The van der Waals surface area contributed by atoms with Crippen LogP contribution in [0.5, 0.6) is 11.5 Å². The van der Waals surface area contributed by atoms with Crippen LogP contribution >= 0.6 is 11.3 Å². The number of hydrogen-bond acceptors (Lipinski definition) is 6. The van der Waals surface area contributed by atoms with Gasteiger partial charge in [0.1, 0.15) is 17.0 Å². The molecule has 0 atom stereocenters. The molecule has 2 aromatic carbocycles. The van der Waals surface area contributed by atoms with Gasteiger partial charge in [-0.1, -0.05) is 18.2 Å². The van der Waals surface area contributed by atoms with Gasteiger partial charge in [-0.05, 0) is 41.8 Å². The second-order valence-corrected chi connectivity index (χ2v) is 6.97. The van der Waals surface area contributed by atoms with Crippen molar-refractivity contribution in [1.29, 1.82) is 0 Å². The second-order valence-electron chi connectivity index (χ2n) is 5.99. The fraction of sp³-hybridized carbons (Fsp3) is 0.0909. The van der Waals surface area contributed by atoms with E-state index in [-0.39, 0.29) is 11.7 Å². The first kappa shape index (κ1) is 18.0. The molecule has 4 aromatic rings. The van der Waals surface area contributed by atoms with Crippen molar-refractivity contribution in [3.05, 3.63) is 76.3 Å². The molecule has 0 saturated carbocycles. The number of nitrogens with zero attached hydrogens (tertiary/aromatic N) is 1. The Hall–Kier alpha value is -3.38. The fourth-order valence-electron chi connectivity index (χ4n) is 2.82. The number of carbonyl (C=O) groups is 1. The second kappa shape index (κ2) is 7.70. The van der Waals surface area contributed by atoms with E-state index in [4.69, 9.17) is 13.9 Å². The van der Waals surface area contributed by atoms with E-state index in [1.165, 1.54) is 11.3 Å². The minimum absolute atomic E-state index is 0.225. The Morgan fingerprint density at radius 2 is 1.79 bits per heavy atom. The first-order valence-corrected chi connectivity index (χ1v) is 9.45. The van der Waals surface area contributed by atoms with Crippen molar-refractivity contribution in [1.82, 2.24) is 4.98 Å². The Morgan fingerprint density at radius 3 is 2.43 bits per heavy atom. The van der Waals surface area contributed by atoms with Crippen molar-refractivity contribution in [2.45, 2.75) is 0 Å². The predicted octanol–water partition coefficient (Wildman–Crippen LogP) is 5.33. The van der Waals surface area contributed by atoms with Gasteiger partial charge in [0.05, 0.1) is 19.8 Å². The van der Waals surface area contributed by atoms with Gasteiger partial charge in [0.25, 0.3) is 0 Å². The van der Waals surface area contributed by atoms with Gasteiger partial charge in [-0.2, -0.15) is 0 Å². The Morgan fingerprint density at radius 1 is 1.04 bits per heavy atom. The molecule has 5 nitrogen and oxygen atoms in total. The molecule has 2 heterocycles. The molecule has 0 aliphatic rings. The lowest BCUT2D eigenvalue weighted by atomic mass is 10.0. The van der Waals surface area contributed by atoms with Gasteiger partial charge in [-0.3, -0.25) is 4.79 Å². The molecule has 140 valence electrons. The molecule has 0 aliphatic carbocycles. The van der Waals surface area contributed by atoms with Gasteiger partial charge in [-0.15, -0.1) is 11.3 Å². The van der Waals surface area contributed by atoms with E-state index >= 15 is 0 Å². The number of rotatable bonds is 6. The van der Waals surface area contributed by atoms with Crippen LogP contribution in [0.15, 0.2) is 64.4 Å². The molecule has 0 bridgehead atoms. The van der Waals surface area contributed by atoms with E-state index in [9.17, 15) is 4.79 Å². The molecule has 0 aliphatic heterocycles. The van der Waals surface area contributed by atoms with Crippen molar-refractivity contribution >= 4 is 39.9 Å². The number of ketones is 1. The molecule has 0 unspecified atom stereocenters. The topological polar surface area (TPSA) is 61.6 Å². The summed E-state index contributed by atoms with van der Waals surface area (Å²) in [5.41, 5.74) is 2.13. The van der Waals surface area contributed by atoms with Gasteiger partial charge >= 0.3 is 0 Å². The maximum atomic E-state index is 13.4. The van der Waals surface area contributed by atoms with E-state index < -0.39 is 0 Å². The van der Waals surface area contributed by atoms with E-state index in [2.05, 4.69) is 4.98 Å². The number of para-hydroxylation sites is 2. The lowest BCUT2D eigenvalue weighted by Crippen LogP contribution is -2.04. The molecule has 0 N–H and O–H groups in total. The van der Waals surface area contributed by atoms with Gasteiger partial charge in [0.2, 0.25) is 5.89 Å². The first-order chi connectivity index (χ1) is 13.7. The quantitative estimate of drug-likeness (QED) is 0.328. The number of methoxy groups -OCH3 is 2. The molecular weight excluding hydrogens is 374 g/mol. The summed E-state index contributed by atoms with van der Waals surface area (Å²) in [5, 5.41) is 1.95. The zero-order valence-electron chi connectivity index (χ0n) is 15.3. The van der Waals surface area contributed by atoms with Crippen molar-refractivity contribution in [3.8, 4) is 11.5 Å². The van der Waals surface area contributed by atoms with Crippen LogP contribution in [-0.4, -0.2) is 25.0 Å². The van der Waals surface area contributed by atoms with Crippen LogP contribution < -0.4 is 9.47 Å². The van der Waals surface area contributed by atoms with Crippen LogP contribution in [0.25, 0.3) is 22.7 Å². The van der Waals surface area contributed by atoms with E-state index in [0.29, 0.717) is 33.7 Å². The Balaban J connectivity index is 1.85. The van der Waals surface area contributed by atoms with Crippen LogP contribution in [0.3, 0.4) is 0 Å². The molecule has 0 amide bonds. The number of thiophene rings is 1. The monoisotopic (exact) mass is 391 g/mol. The lowest BCUT2D eigenvalue weighted by Gasteiger charge is -2.08. The van der Waals surface area contributed by atoms with Crippen molar-refractivity contribution in [2.24, 2.45) is 0 Å². The number of oxazole rings is 1. The Labute approximate surface area is 165 Å². The highest BCUT2D eigenvalue weighted by Gasteiger charge is 2.21. The predicted molar refractivity (Wildman–Crippen MR) is 110 cm³/mol. The van der Waals surface area contributed by atoms with Crippen molar-refractivity contribution in [2.75, 3.05) is 14.2 Å². The molecule has 2 aromatic heterocycles. The molecule has 0 fully saturated rings. The van der Waals surface area contributed by atoms with Crippen LogP contribution in [0.2, 0.25) is 0 Å². The minimum atomic E-state index is -0.225. The van der Waals surface area contributed by atoms with Gasteiger partial charge < -0.3 is 13.9 Å². The summed E-state index contributed by atoms with van der Waals surface area (Å²) in [6.07, 6.45) is 1.80. The number of aromatic nitrogens is 1. The molecule has 4 rings (SSSR count). The summed E-state index contributed by atoms with van der Waals surface area (Å²) >= 11 is 1.53. The molecule has 0 spiro atoms. The van der Waals surface area contributed by atoms with Crippen LogP contribution in [0.4, 0.5) is 0 Å². The highest BCUT2D eigenvalue weighted by molar-refractivity contribution is 7.11. The van der Waals surface area contributed by atoms with Gasteiger partial charge in [-0.25, -0.2) is 4.98 Å². The van der Waals surface area contributed by atoms with Crippen molar-refractivity contribution < 1.29 is 18.7 Å². The largest absolute Gasteiger partial charge is 0.497 e. The highest BCUT2D eigenvalue weighted by Crippen LogP contribution is 2.30. The number of benzene rings is 2. The molecule has 6 heteroatoms. The third-order valence-electron chi connectivity index (χ3n) is 4.21. The summed E-state index contributed by atoms with van der Waals surface area (Å²) in [6.45, 7) is 0. The average molecular weight is 391 g/mol. The molecular formula is C22H17NO4S. The number of carbonyl (C=O) groups excluding carboxylic acids is 1. The third-order valence-corrected chi connectivity index (χ3v) is 5.03. The van der Waals surface area contributed by atoms with E-state index in [0.717, 1.165) is 4.88 Å². The number of Topliss-reactive ketones (excluding diaryl/α,β-unsaturated/α-hetero) is 1. The lowest BCUT2D eigenvalue weighted by molar-refractivity contribution is 0.105. The Kier molecular flexibility index (Phi) is 4.95. The molecule has 0 radical (unpaired) electrons. The Bertz CT molecular complexity index is 1100. The summed E-state index contributed by atoms with van der Waals surface area (Å²) in [7, 11) is 3.10. The minimum Gasteiger partial charge on any atom is -0.497 e. The zero-order valence-corrected chi connectivity index (χ0v) is 16.2. The normalized spacial score (nSPS) is 11.6. The van der Waals surface area contributed by atoms with Gasteiger partial charge in [0.15, 0.2) is 11.4 Å². The summed E-state index contributed by atoms with van der Waals surface area (Å²) in [6, 6.07) is 16.4. The number of fused-ring (bicyclic) bond motifs is 1. The summed E-state index contributed by atoms with van der Waals surface area (Å²) < 4.78 is 16.5. The van der Waals surface area contributed by atoms with Crippen LogP contribution in [0.1, 0.15) is 21.1 Å². The van der Waals surface area contributed by atoms with E-state index in [1.807, 2.05) is 41.8 Å². The fourth-order valence-corrected chi connectivity index (χ4v) is 3.48. The van der Waals surface area contributed by atoms with E-state index in [1.54, 1.807) is 38.5 Å². The van der Waals surface area contributed by atoms with Crippen LogP contribution in [-0.2, 0) is 0 Å². The first-order valence-electron chi connectivity index (χ1n) is 8.57. The maximum absolute atomic E-state index is 13.4. The smallest absolute Gasteiger partial charge is 0.231 e. The SMILES string of the molecule is COc1cc(OC)cc(C(=O)/C(=C/c2cccs2)c2nc3ccccc3o2)c1.